The third kappa shape index (κ3) is 4.34. The molecular formula is C21H28N4O. The summed E-state index contributed by atoms with van der Waals surface area (Å²) in [6.07, 6.45) is 5.39. The third-order valence-corrected chi connectivity index (χ3v) is 4.94. The van der Waals surface area contributed by atoms with Crippen LogP contribution >= 0.6 is 0 Å². The van der Waals surface area contributed by atoms with Crippen molar-refractivity contribution in [3.8, 4) is 0 Å². The van der Waals surface area contributed by atoms with Crippen molar-refractivity contribution in [2.45, 2.75) is 33.1 Å². The van der Waals surface area contributed by atoms with Crippen molar-refractivity contribution in [3.05, 3.63) is 48.2 Å². The maximum Gasteiger partial charge on any atom is 0.255 e. The van der Waals surface area contributed by atoms with Crippen LogP contribution in [0.4, 0.5) is 17.2 Å². The van der Waals surface area contributed by atoms with Gasteiger partial charge in [0, 0.05) is 49.3 Å². The molecule has 2 aromatic rings. The molecule has 26 heavy (non-hydrogen) atoms. The van der Waals surface area contributed by atoms with Crippen LogP contribution in [0.25, 0.3) is 0 Å². The summed E-state index contributed by atoms with van der Waals surface area (Å²) in [5.74, 6) is 0.801. The van der Waals surface area contributed by atoms with Crippen molar-refractivity contribution in [1.29, 1.82) is 0 Å². The third-order valence-electron chi connectivity index (χ3n) is 4.94. The highest BCUT2D eigenvalue weighted by Gasteiger charge is 2.14. The number of amides is 1. The molecule has 2 heterocycles. The van der Waals surface area contributed by atoms with Gasteiger partial charge in [0.2, 0.25) is 0 Å². The Morgan fingerprint density at radius 3 is 2.42 bits per heavy atom. The number of rotatable bonds is 6. The molecule has 0 radical (unpaired) electrons. The normalized spacial score (nSPS) is 14.2. The van der Waals surface area contributed by atoms with E-state index in [9.17, 15) is 4.79 Å². The van der Waals surface area contributed by atoms with Gasteiger partial charge in [-0.3, -0.25) is 4.79 Å². The SMILES string of the molecule is CCN(CC)c1ccc(NC(=O)c2ccnc(N3CCCCC3)c2)cc1. The van der Waals surface area contributed by atoms with E-state index < -0.39 is 0 Å². The zero-order valence-corrected chi connectivity index (χ0v) is 15.7. The molecule has 1 aromatic heterocycles. The van der Waals surface area contributed by atoms with E-state index in [1.54, 1.807) is 12.3 Å². The zero-order valence-electron chi connectivity index (χ0n) is 15.7. The molecule has 1 N–H and O–H groups in total. The number of piperidine rings is 1. The molecule has 1 aliphatic heterocycles. The molecule has 5 nitrogen and oxygen atoms in total. The molecule has 1 aliphatic rings. The molecule has 1 amide bonds. The summed E-state index contributed by atoms with van der Waals surface area (Å²) in [6.45, 7) is 8.26. The van der Waals surface area contributed by atoms with Gasteiger partial charge in [-0.2, -0.15) is 0 Å². The van der Waals surface area contributed by atoms with Gasteiger partial charge in [0.1, 0.15) is 5.82 Å². The van der Waals surface area contributed by atoms with Crippen LogP contribution in [-0.2, 0) is 0 Å². The van der Waals surface area contributed by atoms with Gasteiger partial charge in [-0.05, 0) is 69.5 Å². The number of nitrogens with one attached hydrogen (secondary N) is 1. The molecule has 5 heteroatoms. The highest BCUT2D eigenvalue weighted by Crippen LogP contribution is 2.21. The Bertz CT molecular complexity index is 719. The predicted molar refractivity (Wildman–Crippen MR) is 108 cm³/mol. The minimum absolute atomic E-state index is 0.0961. The van der Waals surface area contributed by atoms with Gasteiger partial charge in [0.25, 0.3) is 5.91 Å². The number of hydrogen-bond acceptors (Lipinski definition) is 4. The molecule has 0 aliphatic carbocycles. The molecule has 0 bridgehead atoms. The van der Waals surface area contributed by atoms with E-state index in [1.165, 1.54) is 24.9 Å². The second-order valence-corrected chi connectivity index (χ2v) is 6.62. The second-order valence-electron chi connectivity index (χ2n) is 6.62. The summed E-state index contributed by atoms with van der Waals surface area (Å²) in [7, 11) is 0. The average Bonchev–Trinajstić information content (AvgIpc) is 2.71. The molecule has 0 atom stereocenters. The van der Waals surface area contributed by atoms with E-state index in [4.69, 9.17) is 0 Å². The fourth-order valence-corrected chi connectivity index (χ4v) is 3.40. The highest BCUT2D eigenvalue weighted by molar-refractivity contribution is 6.04. The van der Waals surface area contributed by atoms with Gasteiger partial charge < -0.3 is 15.1 Å². The van der Waals surface area contributed by atoms with Crippen LogP contribution in [0.5, 0.6) is 0 Å². The van der Waals surface area contributed by atoms with E-state index in [-0.39, 0.29) is 5.91 Å². The topological polar surface area (TPSA) is 48.5 Å². The minimum atomic E-state index is -0.0961. The molecule has 0 unspecified atom stereocenters. The quantitative estimate of drug-likeness (QED) is 0.848. The van der Waals surface area contributed by atoms with Crippen LogP contribution in [0.15, 0.2) is 42.6 Å². The fourth-order valence-electron chi connectivity index (χ4n) is 3.40. The Labute approximate surface area is 156 Å². The number of aromatic nitrogens is 1. The van der Waals surface area contributed by atoms with Crippen molar-refractivity contribution in [1.82, 2.24) is 4.98 Å². The first-order chi connectivity index (χ1) is 12.7. The van der Waals surface area contributed by atoms with Gasteiger partial charge in [-0.15, -0.1) is 0 Å². The lowest BCUT2D eigenvalue weighted by Crippen LogP contribution is -2.30. The number of benzene rings is 1. The molecule has 138 valence electrons. The Kier molecular flexibility index (Phi) is 6.10. The minimum Gasteiger partial charge on any atom is -0.372 e. The molecular weight excluding hydrogens is 324 g/mol. The summed E-state index contributed by atoms with van der Waals surface area (Å²) in [5.41, 5.74) is 2.62. The van der Waals surface area contributed by atoms with Crippen molar-refractivity contribution in [2.24, 2.45) is 0 Å². The summed E-state index contributed by atoms with van der Waals surface area (Å²) in [5, 5.41) is 2.99. The Morgan fingerprint density at radius 2 is 1.77 bits per heavy atom. The highest BCUT2D eigenvalue weighted by atomic mass is 16.1. The lowest BCUT2D eigenvalue weighted by Gasteiger charge is -2.27. The largest absolute Gasteiger partial charge is 0.372 e. The van der Waals surface area contributed by atoms with Gasteiger partial charge in [-0.1, -0.05) is 0 Å². The number of anilines is 3. The summed E-state index contributed by atoms with van der Waals surface area (Å²) in [4.78, 5) is 21.6. The average molecular weight is 352 g/mol. The summed E-state index contributed by atoms with van der Waals surface area (Å²) in [6, 6.07) is 11.7. The molecule has 1 fully saturated rings. The Morgan fingerprint density at radius 1 is 1.08 bits per heavy atom. The monoisotopic (exact) mass is 352 g/mol. The van der Waals surface area contributed by atoms with Crippen LogP contribution in [0.1, 0.15) is 43.5 Å². The number of nitrogens with zero attached hydrogens (tertiary/aromatic N) is 3. The van der Waals surface area contributed by atoms with Gasteiger partial charge in [0.15, 0.2) is 0 Å². The van der Waals surface area contributed by atoms with Crippen LogP contribution in [0.2, 0.25) is 0 Å². The van der Waals surface area contributed by atoms with E-state index in [2.05, 4.69) is 33.9 Å². The van der Waals surface area contributed by atoms with Crippen molar-refractivity contribution in [2.75, 3.05) is 41.3 Å². The molecule has 1 saturated heterocycles. The number of hydrogen-bond donors (Lipinski definition) is 1. The first-order valence-electron chi connectivity index (χ1n) is 9.58. The zero-order chi connectivity index (χ0) is 18.4. The number of carbonyl (C=O) groups excluding carboxylic acids is 1. The van der Waals surface area contributed by atoms with E-state index in [1.807, 2.05) is 30.3 Å². The van der Waals surface area contributed by atoms with Gasteiger partial charge in [0.05, 0.1) is 0 Å². The van der Waals surface area contributed by atoms with Crippen LogP contribution < -0.4 is 15.1 Å². The molecule has 3 rings (SSSR count). The van der Waals surface area contributed by atoms with Crippen LogP contribution in [0, 0.1) is 0 Å². The lowest BCUT2D eigenvalue weighted by atomic mass is 10.1. The van der Waals surface area contributed by atoms with Crippen LogP contribution in [0.3, 0.4) is 0 Å². The van der Waals surface area contributed by atoms with E-state index in [0.29, 0.717) is 5.56 Å². The van der Waals surface area contributed by atoms with E-state index >= 15 is 0 Å². The van der Waals surface area contributed by atoms with Gasteiger partial charge in [-0.25, -0.2) is 4.98 Å². The molecule has 0 spiro atoms. The number of pyridine rings is 1. The van der Waals surface area contributed by atoms with E-state index in [0.717, 1.165) is 37.7 Å². The first-order valence-corrected chi connectivity index (χ1v) is 9.58. The summed E-state index contributed by atoms with van der Waals surface area (Å²) < 4.78 is 0. The fraction of sp³-hybridized carbons (Fsp3) is 0.429. The predicted octanol–water partition coefficient (Wildman–Crippen LogP) is 4.17. The maximum absolute atomic E-state index is 12.6. The smallest absolute Gasteiger partial charge is 0.255 e. The lowest BCUT2D eigenvalue weighted by molar-refractivity contribution is 0.102. The number of carbonyl (C=O) groups is 1. The van der Waals surface area contributed by atoms with Crippen molar-refractivity contribution in [3.63, 3.8) is 0 Å². The Hall–Kier alpha value is -2.56. The molecule has 0 saturated carbocycles. The summed E-state index contributed by atoms with van der Waals surface area (Å²) >= 11 is 0. The second kappa shape index (κ2) is 8.70. The van der Waals surface area contributed by atoms with Crippen molar-refractivity contribution >= 4 is 23.1 Å². The Balaban J connectivity index is 1.68. The van der Waals surface area contributed by atoms with Crippen molar-refractivity contribution < 1.29 is 4.79 Å². The van der Waals surface area contributed by atoms with Gasteiger partial charge >= 0.3 is 0 Å². The van der Waals surface area contributed by atoms with Crippen LogP contribution in [-0.4, -0.2) is 37.1 Å². The first kappa shape index (κ1) is 18.2. The standard InChI is InChI=1S/C21H28N4O/c1-3-24(4-2)19-10-8-18(9-11-19)23-21(26)17-12-13-22-20(16-17)25-14-6-5-7-15-25/h8-13,16H,3-7,14-15H2,1-2H3,(H,23,26). The maximum atomic E-state index is 12.6. The molecule has 1 aromatic carbocycles.